The van der Waals surface area contributed by atoms with Crippen LogP contribution in [0.1, 0.15) is 34.1 Å². The topological polar surface area (TPSA) is 93.4 Å². The number of carbonyl (C=O) groups is 2. The van der Waals surface area contributed by atoms with Crippen molar-refractivity contribution in [1.82, 2.24) is 0 Å². The average Bonchev–Trinajstić information content (AvgIpc) is 2.49. The average molecular weight is 337 g/mol. The lowest BCUT2D eigenvalue weighted by Gasteiger charge is -2.57. The van der Waals surface area contributed by atoms with E-state index >= 15 is 0 Å². The second-order valence-corrected chi connectivity index (χ2v) is 6.67. The van der Waals surface area contributed by atoms with E-state index in [0.29, 0.717) is 18.7 Å². The maximum absolute atomic E-state index is 14.0. The molecule has 0 bridgehead atoms. The molecule has 0 aliphatic heterocycles. The molecule has 1 aromatic carbocycles. The van der Waals surface area contributed by atoms with Gasteiger partial charge >= 0.3 is 0 Å². The number of benzene rings is 1. The zero-order valence-corrected chi connectivity index (χ0v) is 14.4. The van der Waals surface area contributed by atoms with Gasteiger partial charge in [0.1, 0.15) is 11.4 Å². The van der Waals surface area contributed by atoms with E-state index in [2.05, 4.69) is 10.6 Å². The maximum Gasteiger partial charge on any atom is 0.245 e. The minimum atomic E-state index is -1.15. The molecule has 0 radical (unpaired) electrons. The van der Waals surface area contributed by atoms with Crippen LogP contribution >= 0.6 is 0 Å². The summed E-state index contributed by atoms with van der Waals surface area (Å²) in [6.07, 6.45) is 0.251. The first-order valence-corrected chi connectivity index (χ1v) is 7.91. The van der Waals surface area contributed by atoms with Crippen molar-refractivity contribution in [3.63, 3.8) is 0 Å². The molecule has 0 aromatic heterocycles. The molecule has 7 heteroatoms. The Morgan fingerprint density at radius 3 is 2.58 bits per heavy atom. The molecule has 1 aliphatic carbocycles. The second-order valence-electron chi connectivity index (χ2n) is 6.67. The third kappa shape index (κ3) is 3.14. The summed E-state index contributed by atoms with van der Waals surface area (Å²) < 4.78 is 19.6. The molecule has 1 fully saturated rings. The quantitative estimate of drug-likeness (QED) is 0.768. The van der Waals surface area contributed by atoms with Gasteiger partial charge in [0, 0.05) is 31.1 Å². The van der Waals surface area contributed by atoms with Crippen LogP contribution < -0.4 is 16.4 Å². The highest BCUT2D eigenvalue weighted by Gasteiger charge is 2.62. The molecule has 2 atom stereocenters. The van der Waals surface area contributed by atoms with Crippen LogP contribution in [0.2, 0.25) is 0 Å². The fourth-order valence-corrected chi connectivity index (χ4v) is 2.96. The first-order chi connectivity index (χ1) is 11.1. The van der Waals surface area contributed by atoms with Crippen LogP contribution in [0.15, 0.2) is 18.2 Å². The SMILES string of the molecule is CCOC1CC(N)(C(=O)Nc2cc(NC(C)=O)ccc2F)C1(C)C. The van der Waals surface area contributed by atoms with Gasteiger partial charge in [-0.3, -0.25) is 9.59 Å². The van der Waals surface area contributed by atoms with Gasteiger partial charge in [-0.05, 0) is 25.1 Å². The van der Waals surface area contributed by atoms with E-state index in [1.165, 1.54) is 25.1 Å². The van der Waals surface area contributed by atoms with Crippen molar-refractivity contribution in [3.8, 4) is 0 Å². The van der Waals surface area contributed by atoms with Crippen molar-refractivity contribution in [2.75, 3.05) is 17.2 Å². The number of amides is 2. The Bertz CT molecular complexity index is 662. The molecule has 0 spiro atoms. The number of ether oxygens (including phenoxy) is 1. The Labute approximate surface area is 140 Å². The molecule has 132 valence electrons. The van der Waals surface area contributed by atoms with Gasteiger partial charge in [0.2, 0.25) is 11.8 Å². The van der Waals surface area contributed by atoms with Gasteiger partial charge < -0.3 is 21.1 Å². The van der Waals surface area contributed by atoms with Gasteiger partial charge in [0.05, 0.1) is 11.8 Å². The molecule has 4 N–H and O–H groups in total. The number of hydrogen-bond acceptors (Lipinski definition) is 4. The molecule has 1 aromatic rings. The highest BCUT2D eigenvalue weighted by atomic mass is 19.1. The van der Waals surface area contributed by atoms with Crippen molar-refractivity contribution in [2.24, 2.45) is 11.1 Å². The highest BCUT2D eigenvalue weighted by Crippen LogP contribution is 2.50. The normalized spacial score (nSPS) is 24.8. The zero-order valence-electron chi connectivity index (χ0n) is 14.4. The first-order valence-electron chi connectivity index (χ1n) is 7.91. The lowest BCUT2D eigenvalue weighted by atomic mass is 9.54. The van der Waals surface area contributed by atoms with Crippen LogP contribution in [0, 0.1) is 11.2 Å². The lowest BCUT2D eigenvalue weighted by molar-refractivity contribution is -0.166. The molecule has 6 nitrogen and oxygen atoms in total. The fourth-order valence-electron chi connectivity index (χ4n) is 2.96. The molecule has 0 heterocycles. The van der Waals surface area contributed by atoms with Crippen molar-refractivity contribution >= 4 is 23.2 Å². The Kier molecular flexibility index (Phi) is 4.96. The van der Waals surface area contributed by atoms with Crippen molar-refractivity contribution in [3.05, 3.63) is 24.0 Å². The Morgan fingerprint density at radius 1 is 1.38 bits per heavy atom. The number of anilines is 2. The molecule has 2 unspecified atom stereocenters. The molecule has 2 amide bonds. The molecule has 24 heavy (non-hydrogen) atoms. The van der Waals surface area contributed by atoms with Gasteiger partial charge in [-0.15, -0.1) is 0 Å². The van der Waals surface area contributed by atoms with Crippen LogP contribution in [-0.4, -0.2) is 30.1 Å². The largest absolute Gasteiger partial charge is 0.378 e. The Balaban J connectivity index is 2.17. The van der Waals surface area contributed by atoms with Gasteiger partial charge in [0.25, 0.3) is 0 Å². The molecule has 1 aliphatic rings. The number of carbonyl (C=O) groups excluding carboxylic acids is 2. The summed E-state index contributed by atoms with van der Waals surface area (Å²) in [6, 6.07) is 3.96. The van der Waals surface area contributed by atoms with E-state index in [-0.39, 0.29) is 17.7 Å². The van der Waals surface area contributed by atoms with Crippen LogP contribution in [0.3, 0.4) is 0 Å². The Morgan fingerprint density at radius 2 is 2.04 bits per heavy atom. The van der Waals surface area contributed by atoms with E-state index in [0.717, 1.165) is 0 Å². The van der Waals surface area contributed by atoms with Crippen LogP contribution in [-0.2, 0) is 14.3 Å². The minimum absolute atomic E-state index is 0.0215. The summed E-state index contributed by atoms with van der Waals surface area (Å²) in [4.78, 5) is 23.7. The fraction of sp³-hybridized carbons (Fsp3) is 0.529. The number of hydrogen-bond donors (Lipinski definition) is 3. The number of nitrogens with one attached hydrogen (secondary N) is 2. The number of halogens is 1. The van der Waals surface area contributed by atoms with E-state index in [1.807, 2.05) is 20.8 Å². The second kappa shape index (κ2) is 6.49. The summed E-state index contributed by atoms with van der Waals surface area (Å²) in [7, 11) is 0. The van der Waals surface area contributed by atoms with Gasteiger partial charge in [-0.25, -0.2) is 4.39 Å². The van der Waals surface area contributed by atoms with Crippen molar-refractivity contribution < 1.29 is 18.7 Å². The molecule has 2 rings (SSSR count). The summed E-state index contributed by atoms with van der Waals surface area (Å²) in [5, 5.41) is 5.08. The molecule has 0 saturated heterocycles. The Hall–Kier alpha value is -1.99. The molecular weight excluding hydrogens is 313 g/mol. The number of nitrogens with two attached hydrogens (primary N) is 1. The van der Waals surface area contributed by atoms with E-state index in [4.69, 9.17) is 10.5 Å². The predicted octanol–water partition coefficient (Wildman–Crippen LogP) is 2.26. The van der Waals surface area contributed by atoms with Crippen LogP contribution in [0.25, 0.3) is 0 Å². The predicted molar refractivity (Wildman–Crippen MR) is 90.1 cm³/mol. The maximum atomic E-state index is 14.0. The lowest BCUT2D eigenvalue weighted by Crippen LogP contribution is -2.74. The summed E-state index contributed by atoms with van der Waals surface area (Å²) in [5.41, 5.74) is 4.93. The van der Waals surface area contributed by atoms with E-state index in [9.17, 15) is 14.0 Å². The molecule has 1 saturated carbocycles. The summed E-state index contributed by atoms with van der Waals surface area (Å²) in [6.45, 7) is 7.50. The molecular formula is C17H24FN3O3. The smallest absolute Gasteiger partial charge is 0.245 e. The third-order valence-corrected chi connectivity index (χ3v) is 4.77. The van der Waals surface area contributed by atoms with Gasteiger partial charge in [-0.1, -0.05) is 13.8 Å². The van der Waals surface area contributed by atoms with Crippen molar-refractivity contribution in [1.29, 1.82) is 0 Å². The van der Waals surface area contributed by atoms with E-state index < -0.39 is 22.7 Å². The standard InChI is InChI=1S/C17H24FN3O3/c1-5-24-14-9-17(19,16(14,3)4)15(23)21-13-8-11(20-10(2)22)6-7-12(13)18/h6-8,14H,5,9,19H2,1-4H3,(H,20,22)(H,21,23). The third-order valence-electron chi connectivity index (χ3n) is 4.77. The van der Waals surface area contributed by atoms with Crippen LogP contribution in [0.5, 0.6) is 0 Å². The van der Waals surface area contributed by atoms with Crippen molar-refractivity contribution in [2.45, 2.75) is 45.8 Å². The van der Waals surface area contributed by atoms with Gasteiger partial charge in [-0.2, -0.15) is 0 Å². The summed E-state index contributed by atoms with van der Waals surface area (Å²) in [5.74, 6) is -1.35. The highest BCUT2D eigenvalue weighted by molar-refractivity contribution is 6.00. The number of rotatable bonds is 5. The minimum Gasteiger partial charge on any atom is -0.378 e. The summed E-state index contributed by atoms with van der Waals surface area (Å²) >= 11 is 0. The monoisotopic (exact) mass is 337 g/mol. The first kappa shape index (κ1) is 18.4. The van der Waals surface area contributed by atoms with Crippen LogP contribution in [0.4, 0.5) is 15.8 Å². The zero-order chi connectivity index (χ0) is 18.1. The van der Waals surface area contributed by atoms with Gasteiger partial charge in [0.15, 0.2) is 0 Å². The van der Waals surface area contributed by atoms with E-state index in [1.54, 1.807) is 0 Å².